The summed E-state index contributed by atoms with van der Waals surface area (Å²) in [6.45, 7) is 2.13. The van der Waals surface area contributed by atoms with Crippen LogP contribution in [0.3, 0.4) is 0 Å². The topological polar surface area (TPSA) is 0 Å². The molecule has 0 unspecified atom stereocenters. The minimum atomic E-state index is 0. The van der Waals surface area contributed by atoms with E-state index >= 15 is 0 Å². The molecule has 0 aliphatic heterocycles. The number of hydrogen-bond donors (Lipinski definition) is 0. The Bertz CT molecular complexity index is 11.6. The van der Waals surface area contributed by atoms with E-state index in [0.29, 0.717) is 0 Å². The largest absolute Gasteiger partial charge is 0 e. The first-order valence-electron chi connectivity index (χ1n) is 0.498. The summed E-state index contributed by atoms with van der Waals surface area (Å²) in [6.07, 6.45) is 0. The van der Waals surface area contributed by atoms with Crippen LogP contribution < -0.4 is 0 Å². The van der Waals surface area contributed by atoms with Crippen LogP contribution in [0.15, 0.2) is 0 Å². The van der Waals surface area contributed by atoms with E-state index < -0.39 is 0 Å². The van der Waals surface area contributed by atoms with Crippen molar-refractivity contribution in [2.75, 3.05) is 0 Å². The standard InChI is InChI=1S/BH2.Cr.Fe.Mn.Mo/h1H2;;;;/q+1;;-1;;. The number of hydrogen-bond acceptors (Lipinski definition) is 0. The monoisotopic (exact) mass is 274 g/mol. The van der Waals surface area contributed by atoms with E-state index in [1.165, 1.54) is 12.1 Å². The second-order valence-electron chi connectivity index (χ2n) is 0.144. The molecule has 0 heterocycles. The van der Waals surface area contributed by atoms with Crippen LogP contribution in [0.4, 0.5) is 0 Å². The maximum atomic E-state index is 2.13. The third kappa shape index (κ3) is 21.9. The molecule has 32 valence electrons. The Morgan fingerprint density at radius 1 is 1.60 bits per heavy atom. The van der Waals surface area contributed by atoms with Crippen LogP contribution in [-0.4, -0.2) is 6.66 Å². The maximum Gasteiger partial charge on any atom is 0 e. The van der Waals surface area contributed by atoms with Crippen molar-refractivity contribution in [3.05, 3.63) is 0 Å². The van der Waals surface area contributed by atoms with Crippen molar-refractivity contribution < 1.29 is 64.3 Å². The summed E-state index contributed by atoms with van der Waals surface area (Å²) in [5.74, 6) is 0. The van der Waals surface area contributed by atoms with Gasteiger partial charge in [-0.3, -0.25) is 0 Å². The first kappa shape index (κ1) is 15.7. The molecule has 0 spiro atoms. The molecule has 0 aliphatic carbocycles. The quantitative estimate of drug-likeness (QED) is 0.500. The van der Waals surface area contributed by atoms with Gasteiger partial charge in [-0.15, -0.1) is 0 Å². The summed E-state index contributed by atoms with van der Waals surface area (Å²) < 4.78 is 0. The van der Waals surface area contributed by atoms with Crippen molar-refractivity contribution in [1.29, 1.82) is 0 Å². The molecule has 0 bridgehead atoms. The Hall–Kier alpha value is 2.32. The SMILES string of the molecule is [BH2][Fe][Mo].[Cr].[Mn]. The molecule has 0 N–H and O–H groups in total. The summed E-state index contributed by atoms with van der Waals surface area (Å²) in [7, 11) is 0. The van der Waals surface area contributed by atoms with Crippen LogP contribution >= 0.6 is 0 Å². The molecule has 0 aromatic carbocycles. The Kier molecular flexibility index (Phi) is 50.8. The second-order valence-corrected chi connectivity index (χ2v) is 3.52. The fraction of sp³-hybridized carbons (Fsp3) is 0. The molecule has 0 rings (SSSR count). The van der Waals surface area contributed by atoms with Gasteiger partial charge in [-0.2, -0.15) is 0 Å². The van der Waals surface area contributed by atoms with E-state index in [4.69, 9.17) is 0 Å². The van der Waals surface area contributed by atoms with Crippen LogP contribution in [0, 0.1) is 0 Å². The molecule has 0 aliphatic rings. The van der Waals surface area contributed by atoms with Gasteiger partial charge < -0.3 is 0 Å². The predicted octanol–water partition coefficient (Wildman–Crippen LogP) is -0.926. The summed E-state index contributed by atoms with van der Waals surface area (Å²) >= 11 is 3.33. The minimum Gasteiger partial charge on any atom is 0 e. The van der Waals surface area contributed by atoms with Crippen LogP contribution in [-0.2, 0) is 64.3 Å². The van der Waals surface area contributed by atoms with Gasteiger partial charge in [0.1, 0.15) is 0 Å². The summed E-state index contributed by atoms with van der Waals surface area (Å²) in [6, 6.07) is 0. The van der Waals surface area contributed by atoms with Crippen molar-refractivity contribution >= 4 is 6.66 Å². The molecular formula is H2BCrFeMnMo. The van der Waals surface area contributed by atoms with Crippen LogP contribution in [0.25, 0.3) is 0 Å². The van der Waals surface area contributed by atoms with Crippen molar-refractivity contribution in [2.24, 2.45) is 0 Å². The minimum absolute atomic E-state index is 0. The summed E-state index contributed by atoms with van der Waals surface area (Å²) in [5, 5.41) is 0. The van der Waals surface area contributed by atoms with E-state index in [2.05, 4.69) is 24.4 Å². The first-order chi connectivity index (χ1) is 1.41. The van der Waals surface area contributed by atoms with E-state index in [9.17, 15) is 0 Å². The Morgan fingerprint density at radius 3 is 1.60 bits per heavy atom. The van der Waals surface area contributed by atoms with Gasteiger partial charge in [-0.25, -0.2) is 0 Å². The van der Waals surface area contributed by atoms with Crippen molar-refractivity contribution in [3.63, 3.8) is 0 Å². The van der Waals surface area contributed by atoms with E-state index in [0.717, 1.165) is 0 Å². The van der Waals surface area contributed by atoms with Crippen LogP contribution in [0.1, 0.15) is 0 Å². The molecule has 0 fully saturated rings. The molecule has 5 heavy (non-hydrogen) atoms. The van der Waals surface area contributed by atoms with E-state index in [1.54, 1.807) is 0 Å². The molecule has 0 nitrogen and oxygen atoms in total. The molecular weight excluding hydrogens is 270 g/mol. The smallest absolute Gasteiger partial charge is 0 e. The maximum absolute atomic E-state index is 2.13. The summed E-state index contributed by atoms with van der Waals surface area (Å²) in [4.78, 5) is 0. The molecule has 0 amide bonds. The van der Waals surface area contributed by atoms with Crippen molar-refractivity contribution in [1.82, 2.24) is 0 Å². The molecule has 0 atom stereocenters. The molecule has 0 aromatic rings. The normalized spacial score (nSPS) is 4.00. The Morgan fingerprint density at radius 2 is 1.60 bits per heavy atom. The average molecular weight is 272 g/mol. The van der Waals surface area contributed by atoms with Gasteiger partial charge in [0.15, 0.2) is 0 Å². The fourth-order valence-electron chi connectivity index (χ4n) is 0. The van der Waals surface area contributed by atoms with Gasteiger partial charge >= 0.3 is 36.5 Å². The molecule has 0 aromatic heterocycles. The van der Waals surface area contributed by atoms with Crippen molar-refractivity contribution in [2.45, 2.75) is 0 Å². The van der Waals surface area contributed by atoms with Gasteiger partial charge in [-0.05, 0) is 0 Å². The molecule has 0 saturated heterocycles. The molecule has 1 radical (unpaired) electrons. The average Bonchev–Trinajstić information content (AvgIpc) is 0.918. The van der Waals surface area contributed by atoms with Gasteiger partial charge in [0.05, 0.1) is 0 Å². The third-order valence-electron chi connectivity index (χ3n) is 0. The zero-order valence-corrected chi connectivity index (χ0v) is 8.11. The van der Waals surface area contributed by atoms with Crippen LogP contribution in [0.5, 0.6) is 0 Å². The summed E-state index contributed by atoms with van der Waals surface area (Å²) in [5.41, 5.74) is 0. The fourth-order valence-corrected chi connectivity index (χ4v) is 0. The molecule has 0 saturated carbocycles. The van der Waals surface area contributed by atoms with Gasteiger partial charge in [-0.1, -0.05) is 0 Å². The number of rotatable bonds is 0. The first-order valence-corrected chi connectivity index (χ1v) is 4.98. The van der Waals surface area contributed by atoms with E-state index in [1.807, 2.05) is 0 Å². The zero-order valence-electron chi connectivity index (χ0n) is 2.55. The predicted molar refractivity (Wildman–Crippen MR) is 8.54 cm³/mol. The van der Waals surface area contributed by atoms with Gasteiger partial charge in [0.2, 0.25) is 0 Å². The molecule has 5 heteroatoms. The van der Waals surface area contributed by atoms with E-state index in [-0.39, 0.29) is 34.4 Å². The van der Waals surface area contributed by atoms with Crippen molar-refractivity contribution in [3.8, 4) is 0 Å². The second kappa shape index (κ2) is 16.2. The third-order valence-corrected chi connectivity index (χ3v) is 0. The van der Waals surface area contributed by atoms with Gasteiger partial charge in [0.25, 0.3) is 0 Å². The van der Waals surface area contributed by atoms with Gasteiger partial charge in [0, 0.05) is 34.4 Å². The Labute approximate surface area is 70.1 Å². The zero-order chi connectivity index (χ0) is 2.71. The Balaban J connectivity index is -0.0000000200. The van der Waals surface area contributed by atoms with Crippen LogP contribution in [0.2, 0.25) is 0 Å².